The Labute approximate surface area is 116 Å². The van der Waals surface area contributed by atoms with Gasteiger partial charge < -0.3 is 14.5 Å². The fourth-order valence-electron chi connectivity index (χ4n) is 1.84. The Morgan fingerprint density at radius 2 is 1.84 bits per heavy atom. The summed E-state index contributed by atoms with van der Waals surface area (Å²) < 4.78 is 5.40. The lowest BCUT2D eigenvalue weighted by Crippen LogP contribution is -2.49. The summed E-state index contributed by atoms with van der Waals surface area (Å²) in [5, 5.41) is 0.628. The van der Waals surface area contributed by atoms with E-state index in [4.69, 9.17) is 16.3 Å². The van der Waals surface area contributed by atoms with Crippen LogP contribution in [-0.2, 0) is 9.59 Å². The third-order valence-electron chi connectivity index (χ3n) is 2.99. The fraction of sp³-hybridized carbons (Fsp3) is 0.385. The zero-order valence-corrected chi connectivity index (χ0v) is 11.2. The van der Waals surface area contributed by atoms with Gasteiger partial charge in [0.15, 0.2) is 6.61 Å². The van der Waals surface area contributed by atoms with E-state index in [0.29, 0.717) is 37.0 Å². The Balaban J connectivity index is 1.78. The number of rotatable bonds is 4. The number of halogens is 1. The van der Waals surface area contributed by atoms with Crippen LogP contribution in [0, 0.1) is 0 Å². The molecule has 0 unspecified atom stereocenters. The van der Waals surface area contributed by atoms with Crippen LogP contribution in [0.5, 0.6) is 5.75 Å². The van der Waals surface area contributed by atoms with Crippen LogP contribution < -0.4 is 4.74 Å². The smallest absolute Gasteiger partial charge is 0.260 e. The molecule has 102 valence electrons. The molecule has 0 N–H and O–H groups in total. The molecule has 1 aromatic carbocycles. The third-order valence-corrected chi connectivity index (χ3v) is 3.24. The number of benzene rings is 1. The molecule has 0 atom stereocenters. The monoisotopic (exact) mass is 282 g/mol. The first-order valence-electron chi connectivity index (χ1n) is 6.04. The summed E-state index contributed by atoms with van der Waals surface area (Å²) in [6.07, 6.45) is 0.812. The number of hydrogen-bond donors (Lipinski definition) is 0. The van der Waals surface area contributed by atoms with Crippen molar-refractivity contribution in [1.82, 2.24) is 9.80 Å². The summed E-state index contributed by atoms with van der Waals surface area (Å²) in [4.78, 5) is 25.8. The Bertz CT molecular complexity index is 442. The van der Waals surface area contributed by atoms with Crippen molar-refractivity contribution in [2.75, 3.05) is 32.8 Å². The lowest BCUT2D eigenvalue weighted by molar-refractivity contribution is -0.137. The van der Waals surface area contributed by atoms with Crippen LogP contribution in [0.4, 0.5) is 0 Å². The van der Waals surface area contributed by atoms with Gasteiger partial charge >= 0.3 is 0 Å². The molecule has 1 heterocycles. The number of carbonyl (C=O) groups excluding carboxylic acids is 2. The number of hydrogen-bond acceptors (Lipinski definition) is 3. The van der Waals surface area contributed by atoms with Crippen LogP contribution in [0.1, 0.15) is 0 Å². The van der Waals surface area contributed by atoms with E-state index < -0.39 is 0 Å². The normalized spacial score (nSPS) is 15.2. The topological polar surface area (TPSA) is 49.9 Å². The summed E-state index contributed by atoms with van der Waals surface area (Å²) in [5.74, 6) is 0.546. The van der Waals surface area contributed by atoms with Crippen molar-refractivity contribution in [3.05, 3.63) is 29.3 Å². The van der Waals surface area contributed by atoms with Gasteiger partial charge in [-0.15, -0.1) is 0 Å². The molecule has 2 amide bonds. The number of nitrogens with zero attached hydrogens (tertiary/aromatic N) is 2. The van der Waals surface area contributed by atoms with Crippen molar-refractivity contribution < 1.29 is 14.3 Å². The predicted octanol–water partition coefficient (Wildman–Crippen LogP) is 1.02. The average Bonchev–Trinajstić information content (AvgIpc) is 2.46. The van der Waals surface area contributed by atoms with Crippen LogP contribution in [0.2, 0.25) is 5.02 Å². The van der Waals surface area contributed by atoms with Crippen molar-refractivity contribution in [2.24, 2.45) is 0 Å². The number of piperazine rings is 1. The minimum absolute atomic E-state index is 0.00270. The molecule has 1 aromatic rings. The van der Waals surface area contributed by atoms with Crippen molar-refractivity contribution in [2.45, 2.75) is 0 Å². The van der Waals surface area contributed by atoms with Crippen LogP contribution >= 0.6 is 11.6 Å². The standard InChI is InChI=1S/C13H15ClN2O3/c14-11-1-3-12(4-2-11)19-9-13(18)16-7-5-15(10-17)6-8-16/h1-4,10H,5-9H2. The second-order valence-electron chi connectivity index (χ2n) is 4.26. The number of amides is 2. The van der Waals surface area contributed by atoms with Crippen LogP contribution in [0.25, 0.3) is 0 Å². The first-order valence-corrected chi connectivity index (χ1v) is 6.42. The highest BCUT2D eigenvalue weighted by Gasteiger charge is 2.20. The van der Waals surface area contributed by atoms with Gasteiger partial charge in [0.25, 0.3) is 5.91 Å². The van der Waals surface area contributed by atoms with Gasteiger partial charge in [-0.25, -0.2) is 0 Å². The van der Waals surface area contributed by atoms with Crippen LogP contribution in [0.15, 0.2) is 24.3 Å². The van der Waals surface area contributed by atoms with Crippen molar-refractivity contribution in [3.8, 4) is 5.75 Å². The van der Waals surface area contributed by atoms with Gasteiger partial charge in [0, 0.05) is 31.2 Å². The SMILES string of the molecule is O=CN1CCN(C(=O)COc2ccc(Cl)cc2)CC1. The van der Waals surface area contributed by atoms with E-state index in [1.807, 2.05) is 0 Å². The molecule has 0 spiro atoms. The molecule has 2 rings (SSSR count). The second-order valence-corrected chi connectivity index (χ2v) is 4.70. The molecule has 1 aliphatic heterocycles. The highest BCUT2D eigenvalue weighted by Crippen LogP contribution is 2.15. The van der Waals surface area contributed by atoms with Crippen molar-refractivity contribution in [1.29, 1.82) is 0 Å². The summed E-state index contributed by atoms with van der Waals surface area (Å²) in [6, 6.07) is 6.87. The highest BCUT2D eigenvalue weighted by atomic mass is 35.5. The maximum atomic E-state index is 11.9. The number of carbonyl (C=O) groups is 2. The molecule has 0 aromatic heterocycles. The van der Waals surface area contributed by atoms with E-state index in [-0.39, 0.29) is 12.5 Å². The molecule has 0 bridgehead atoms. The van der Waals surface area contributed by atoms with E-state index in [2.05, 4.69) is 0 Å². The molecule has 1 aliphatic rings. The first kappa shape index (κ1) is 13.7. The fourth-order valence-corrected chi connectivity index (χ4v) is 1.97. The molecule has 0 saturated carbocycles. The quantitative estimate of drug-likeness (QED) is 0.775. The Morgan fingerprint density at radius 3 is 2.42 bits per heavy atom. The summed E-state index contributed by atoms with van der Waals surface area (Å²) in [7, 11) is 0. The van der Waals surface area contributed by atoms with E-state index in [0.717, 1.165) is 6.41 Å². The largest absolute Gasteiger partial charge is 0.484 e. The van der Waals surface area contributed by atoms with Crippen molar-refractivity contribution >= 4 is 23.9 Å². The average molecular weight is 283 g/mol. The Hall–Kier alpha value is -1.75. The highest BCUT2D eigenvalue weighted by molar-refractivity contribution is 6.30. The van der Waals surface area contributed by atoms with Gasteiger partial charge in [0.05, 0.1) is 0 Å². The minimum Gasteiger partial charge on any atom is -0.484 e. The van der Waals surface area contributed by atoms with E-state index in [9.17, 15) is 9.59 Å². The van der Waals surface area contributed by atoms with Crippen LogP contribution in [0.3, 0.4) is 0 Å². The molecule has 19 heavy (non-hydrogen) atoms. The summed E-state index contributed by atoms with van der Waals surface area (Å²) in [5.41, 5.74) is 0. The molecule has 1 fully saturated rings. The zero-order valence-electron chi connectivity index (χ0n) is 10.4. The van der Waals surface area contributed by atoms with Crippen LogP contribution in [-0.4, -0.2) is 54.9 Å². The van der Waals surface area contributed by atoms with E-state index in [1.165, 1.54) is 0 Å². The lowest BCUT2D eigenvalue weighted by atomic mass is 10.3. The molecular weight excluding hydrogens is 268 g/mol. The van der Waals surface area contributed by atoms with E-state index >= 15 is 0 Å². The first-order chi connectivity index (χ1) is 9.19. The van der Waals surface area contributed by atoms with E-state index in [1.54, 1.807) is 34.1 Å². The third kappa shape index (κ3) is 3.86. The van der Waals surface area contributed by atoms with Gasteiger partial charge in [-0.3, -0.25) is 9.59 Å². The van der Waals surface area contributed by atoms with Gasteiger partial charge in [0.1, 0.15) is 5.75 Å². The summed E-state index contributed by atoms with van der Waals surface area (Å²) >= 11 is 5.76. The van der Waals surface area contributed by atoms with Gasteiger partial charge in [0.2, 0.25) is 6.41 Å². The van der Waals surface area contributed by atoms with Gasteiger partial charge in [-0.05, 0) is 24.3 Å². The summed E-state index contributed by atoms with van der Waals surface area (Å²) in [6.45, 7) is 2.28. The zero-order chi connectivity index (χ0) is 13.7. The lowest BCUT2D eigenvalue weighted by Gasteiger charge is -2.32. The Morgan fingerprint density at radius 1 is 1.21 bits per heavy atom. The minimum atomic E-state index is -0.0690. The second kappa shape index (κ2) is 6.43. The maximum Gasteiger partial charge on any atom is 0.260 e. The Kier molecular flexibility index (Phi) is 4.63. The number of ether oxygens (including phenoxy) is 1. The van der Waals surface area contributed by atoms with Crippen molar-refractivity contribution in [3.63, 3.8) is 0 Å². The maximum absolute atomic E-state index is 11.9. The molecule has 5 nitrogen and oxygen atoms in total. The molecule has 0 radical (unpaired) electrons. The molecular formula is C13H15ClN2O3. The molecule has 1 saturated heterocycles. The van der Waals surface area contributed by atoms with Gasteiger partial charge in [-0.2, -0.15) is 0 Å². The predicted molar refractivity (Wildman–Crippen MR) is 71.2 cm³/mol. The molecule has 0 aliphatic carbocycles. The van der Waals surface area contributed by atoms with Gasteiger partial charge in [-0.1, -0.05) is 11.6 Å². The molecule has 6 heteroatoms.